The van der Waals surface area contributed by atoms with Gasteiger partial charge in [0.25, 0.3) is 9.05 Å². The molecule has 0 bridgehead atoms. The van der Waals surface area contributed by atoms with Gasteiger partial charge in [0, 0.05) is 28.3 Å². The molecule has 0 amide bonds. The highest BCUT2D eigenvalue weighted by Gasteiger charge is 2.14. The van der Waals surface area contributed by atoms with Crippen molar-refractivity contribution in [1.29, 1.82) is 0 Å². The second-order valence-electron chi connectivity index (χ2n) is 3.70. The van der Waals surface area contributed by atoms with Gasteiger partial charge in [-0.1, -0.05) is 0 Å². The summed E-state index contributed by atoms with van der Waals surface area (Å²) in [7, 11) is 1.50. The molecule has 0 fully saturated rings. The largest absolute Gasteiger partial charge is 0.262 e. The van der Waals surface area contributed by atoms with Gasteiger partial charge in [-0.2, -0.15) is 5.10 Å². The Balaban J connectivity index is 2.67. The molecule has 0 unspecified atom stereocenters. The highest BCUT2D eigenvalue weighted by atomic mass is 35.7. The van der Waals surface area contributed by atoms with Crippen molar-refractivity contribution in [2.75, 3.05) is 0 Å². The average Bonchev–Trinajstić information content (AvgIpc) is 2.58. The van der Waals surface area contributed by atoms with Crippen LogP contribution in [0.2, 0.25) is 0 Å². The lowest BCUT2D eigenvalue weighted by atomic mass is 10.3. The van der Waals surface area contributed by atoms with Gasteiger partial charge in [-0.3, -0.25) is 0 Å². The van der Waals surface area contributed by atoms with Crippen molar-refractivity contribution in [2.45, 2.75) is 24.8 Å². The highest BCUT2D eigenvalue weighted by Crippen LogP contribution is 2.20. The lowest BCUT2D eigenvalue weighted by Crippen LogP contribution is -2.03. The van der Waals surface area contributed by atoms with Crippen LogP contribution in [0.5, 0.6) is 0 Å². The van der Waals surface area contributed by atoms with Gasteiger partial charge in [0.05, 0.1) is 6.20 Å². The lowest BCUT2D eigenvalue weighted by molar-refractivity contribution is 0.546. The Morgan fingerprint density at radius 2 is 2.06 bits per heavy atom. The zero-order valence-electron chi connectivity index (χ0n) is 8.75. The molecule has 5 nitrogen and oxygen atoms in total. The first-order valence-electron chi connectivity index (χ1n) is 4.67. The monoisotopic (exact) mass is 259 g/mol. The van der Waals surface area contributed by atoms with Gasteiger partial charge in [0.2, 0.25) is 0 Å². The first-order chi connectivity index (χ1) is 7.39. The molecule has 0 radical (unpaired) electrons. The molecule has 2 aromatic heterocycles. The van der Waals surface area contributed by atoms with E-state index in [0.29, 0.717) is 11.0 Å². The van der Waals surface area contributed by atoms with Gasteiger partial charge in [-0.05, 0) is 19.9 Å². The van der Waals surface area contributed by atoms with Gasteiger partial charge in [0.1, 0.15) is 4.90 Å². The third kappa shape index (κ3) is 1.90. The number of hydrogen-bond donors (Lipinski definition) is 0. The maximum atomic E-state index is 11.1. The number of fused-ring (bicyclic) bond motifs is 1. The lowest BCUT2D eigenvalue weighted by Gasteiger charge is -2.05. The van der Waals surface area contributed by atoms with E-state index < -0.39 is 9.05 Å². The van der Waals surface area contributed by atoms with Gasteiger partial charge in [-0.15, -0.1) is 0 Å². The Labute approximate surface area is 97.5 Å². The van der Waals surface area contributed by atoms with Crippen molar-refractivity contribution in [2.24, 2.45) is 0 Å². The molecule has 0 saturated carbocycles. The average molecular weight is 260 g/mol. The molecule has 7 heteroatoms. The van der Waals surface area contributed by atoms with Crippen molar-refractivity contribution in [1.82, 2.24) is 14.8 Å². The van der Waals surface area contributed by atoms with E-state index in [1.807, 2.05) is 13.8 Å². The van der Waals surface area contributed by atoms with Crippen molar-refractivity contribution in [3.05, 3.63) is 18.5 Å². The van der Waals surface area contributed by atoms with Crippen LogP contribution in [0.4, 0.5) is 0 Å². The van der Waals surface area contributed by atoms with Crippen molar-refractivity contribution < 1.29 is 8.42 Å². The standard InChI is InChI=1S/C9H10ClN3O2S/c1-6(2)13-9-7(4-12-13)3-8(5-11-9)16(10,14)15/h3-6H,1-2H3. The third-order valence-corrected chi connectivity index (χ3v) is 3.50. The van der Waals surface area contributed by atoms with Gasteiger partial charge in [0.15, 0.2) is 5.65 Å². The summed E-state index contributed by atoms with van der Waals surface area (Å²) < 4.78 is 24.0. The minimum Gasteiger partial charge on any atom is -0.245 e. The SMILES string of the molecule is CC(C)n1ncc2cc(S(=O)(=O)Cl)cnc21. The van der Waals surface area contributed by atoms with E-state index in [0.717, 1.165) is 0 Å². The second-order valence-corrected chi connectivity index (χ2v) is 6.27. The van der Waals surface area contributed by atoms with Gasteiger partial charge in [-0.25, -0.2) is 18.1 Å². The summed E-state index contributed by atoms with van der Waals surface area (Å²) >= 11 is 0. The first kappa shape index (κ1) is 11.3. The van der Waals surface area contributed by atoms with E-state index in [-0.39, 0.29) is 10.9 Å². The predicted molar refractivity (Wildman–Crippen MR) is 61.0 cm³/mol. The molecule has 0 aliphatic heterocycles. The zero-order chi connectivity index (χ0) is 11.9. The van der Waals surface area contributed by atoms with Crippen LogP contribution in [0.15, 0.2) is 23.4 Å². The van der Waals surface area contributed by atoms with E-state index in [9.17, 15) is 8.42 Å². The number of aromatic nitrogens is 3. The summed E-state index contributed by atoms with van der Waals surface area (Å²) in [6, 6.07) is 1.64. The molecule has 0 aromatic carbocycles. The Kier molecular flexibility index (Phi) is 2.63. The summed E-state index contributed by atoms with van der Waals surface area (Å²) in [5.74, 6) is 0. The quantitative estimate of drug-likeness (QED) is 0.773. The maximum Gasteiger partial charge on any atom is 0.262 e. The molecule has 0 spiro atoms. The summed E-state index contributed by atoms with van der Waals surface area (Å²) in [4.78, 5) is 4.06. The number of hydrogen-bond acceptors (Lipinski definition) is 4. The molecule has 16 heavy (non-hydrogen) atoms. The summed E-state index contributed by atoms with van der Waals surface area (Å²) in [6.45, 7) is 3.95. The van der Waals surface area contributed by atoms with Crippen LogP contribution in [0.1, 0.15) is 19.9 Å². The van der Waals surface area contributed by atoms with E-state index in [1.54, 1.807) is 10.9 Å². The minimum absolute atomic E-state index is 0.00928. The Morgan fingerprint density at radius 1 is 1.38 bits per heavy atom. The summed E-state index contributed by atoms with van der Waals surface area (Å²) in [5, 5.41) is 4.80. The molecule has 0 aliphatic rings. The summed E-state index contributed by atoms with van der Waals surface area (Å²) in [5.41, 5.74) is 0.652. The van der Waals surface area contributed by atoms with Crippen molar-refractivity contribution >= 4 is 30.8 Å². The zero-order valence-corrected chi connectivity index (χ0v) is 10.3. The number of pyridine rings is 1. The number of nitrogens with zero attached hydrogens (tertiary/aromatic N) is 3. The molecule has 0 atom stereocenters. The fourth-order valence-electron chi connectivity index (χ4n) is 1.43. The predicted octanol–water partition coefficient (Wildman–Crippen LogP) is 1.94. The van der Waals surface area contributed by atoms with Crippen LogP contribution in [0, 0.1) is 0 Å². The molecular formula is C9H10ClN3O2S. The van der Waals surface area contributed by atoms with Crippen LogP contribution in [0.3, 0.4) is 0 Å². The van der Waals surface area contributed by atoms with Crippen LogP contribution < -0.4 is 0 Å². The maximum absolute atomic E-state index is 11.1. The van der Waals surface area contributed by atoms with Crippen LogP contribution in [-0.4, -0.2) is 23.2 Å². The minimum atomic E-state index is -3.73. The normalized spacial score (nSPS) is 12.5. The van der Waals surface area contributed by atoms with Gasteiger partial charge < -0.3 is 0 Å². The van der Waals surface area contributed by atoms with Crippen molar-refractivity contribution in [3.8, 4) is 0 Å². The number of rotatable bonds is 2. The van der Waals surface area contributed by atoms with E-state index in [2.05, 4.69) is 10.1 Å². The highest BCUT2D eigenvalue weighted by molar-refractivity contribution is 8.13. The molecule has 2 heterocycles. The molecule has 2 rings (SSSR count). The number of halogens is 1. The van der Waals surface area contributed by atoms with Gasteiger partial charge >= 0.3 is 0 Å². The Morgan fingerprint density at radius 3 is 2.62 bits per heavy atom. The smallest absolute Gasteiger partial charge is 0.245 e. The molecule has 2 aromatic rings. The van der Waals surface area contributed by atoms with Crippen LogP contribution in [-0.2, 0) is 9.05 Å². The third-order valence-electron chi connectivity index (χ3n) is 2.18. The van der Waals surface area contributed by atoms with E-state index in [4.69, 9.17) is 10.7 Å². The van der Waals surface area contributed by atoms with Crippen LogP contribution >= 0.6 is 10.7 Å². The summed E-state index contributed by atoms with van der Waals surface area (Å²) in [6.07, 6.45) is 2.82. The Bertz CT molecular complexity index is 633. The molecule has 0 N–H and O–H groups in total. The molecule has 0 saturated heterocycles. The molecule has 0 aliphatic carbocycles. The first-order valence-corrected chi connectivity index (χ1v) is 6.98. The fourth-order valence-corrected chi connectivity index (χ4v) is 2.13. The van der Waals surface area contributed by atoms with E-state index >= 15 is 0 Å². The van der Waals surface area contributed by atoms with Crippen molar-refractivity contribution in [3.63, 3.8) is 0 Å². The Hall–Kier alpha value is -1.14. The molecular weight excluding hydrogens is 250 g/mol. The van der Waals surface area contributed by atoms with E-state index in [1.165, 1.54) is 12.3 Å². The fraction of sp³-hybridized carbons (Fsp3) is 0.333. The topological polar surface area (TPSA) is 64.8 Å². The van der Waals surface area contributed by atoms with Crippen LogP contribution in [0.25, 0.3) is 11.0 Å². The second kappa shape index (κ2) is 3.71. The molecule has 86 valence electrons.